The lowest BCUT2D eigenvalue weighted by atomic mass is 10.1. The lowest BCUT2D eigenvalue weighted by molar-refractivity contribution is 0.102. The zero-order chi connectivity index (χ0) is 21.2. The van der Waals surface area contributed by atoms with Crippen molar-refractivity contribution in [2.45, 2.75) is 18.7 Å². The Balaban J connectivity index is 1.81. The second kappa shape index (κ2) is 8.00. The monoisotopic (exact) mass is 416 g/mol. The van der Waals surface area contributed by atoms with Crippen molar-refractivity contribution in [3.8, 4) is 0 Å². The van der Waals surface area contributed by atoms with Crippen LogP contribution in [0.3, 0.4) is 0 Å². The number of anilines is 2. The Morgan fingerprint density at radius 1 is 0.897 bits per heavy atom. The Bertz CT molecular complexity index is 1190. The van der Waals surface area contributed by atoms with Gasteiger partial charge in [-0.2, -0.15) is 0 Å². The van der Waals surface area contributed by atoms with Gasteiger partial charge in [0, 0.05) is 16.9 Å². The summed E-state index contributed by atoms with van der Waals surface area (Å²) in [5, 5.41) is 2.66. The van der Waals surface area contributed by atoms with Crippen LogP contribution in [0.5, 0.6) is 0 Å². The zero-order valence-corrected chi connectivity index (χ0v) is 16.5. The van der Waals surface area contributed by atoms with E-state index in [1.807, 2.05) is 0 Å². The summed E-state index contributed by atoms with van der Waals surface area (Å²) in [5.41, 5.74) is 1.67. The Morgan fingerprint density at radius 3 is 2.34 bits per heavy atom. The minimum atomic E-state index is -4.03. The lowest BCUT2D eigenvalue weighted by Gasteiger charge is -2.11. The summed E-state index contributed by atoms with van der Waals surface area (Å²) in [6.07, 6.45) is 0. The van der Waals surface area contributed by atoms with Crippen molar-refractivity contribution < 1.29 is 22.0 Å². The largest absolute Gasteiger partial charge is 0.322 e. The first-order valence-electron chi connectivity index (χ1n) is 8.62. The van der Waals surface area contributed by atoms with Gasteiger partial charge in [-0.25, -0.2) is 17.2 Å². The van der Waals surface area contributed by atoms with Gasteiger partial charge in [0.25, 0.3) is 15.9 Å². The zero-order valence-electron chi connectivity index (χ0n) is 15.7. The van der Waals surface area contributed by atoms with Crippen molar-refractivity contribution in [3.63, 3.8) is 0 Å². The predicted molar refractivity (Wildman–Crippen MR) is 107 cm³/mol. The van der Waals surface area contributed by atoms with E-state index in [-0.39, 0.29) is 16.1 Å². The number of hydrogen-bond donors (Lipinski definition) is 2. The number of halogens is 2. The van der Waals surface area contributed by atoms with Gasteiger partial charge in [0.15, 0.2) is 0 Å². The van der Waals surface area contributed by atoms with Crippen molar-refractivity contribution in [3.05, 3.63) is 89.0 Å². The molecule has 0 saturated heterocycles. The van der Waals surface area contributed by atoms with Crippen LogP contribution in [-0.2, 0) is 10.0 Å². The van der Waals surface area contributed by atoms with Gasteiger partial charge in [0.1, 0.15) is 11.6 Å². The van der Waals surface area contributed by atoms with Gasteiger partial charge in [0.05, 0.1) is 4.90 Å². The van der Waals surface area contributed by atoms with Crippen LogP contribution in [0.25, 0.3) is 0 Å². The third kappa shape index (κ3) is 4.78. The second-order valence-electron chi connectivity index (χ2n) is 6.51. The summed E-state index contributed by atoms with van der Waals surface area (Å²) in [6.45, 7) is 3.19. The molecule has 3 rings (SSSR count). The quantitative estimate of drug-likeness (QED) is 0.637. The molecule has 0 atom stereocenters. The Morgan fingerprint density at radius 2 is 1.66 bits per heavy atom. The summed E-state index contributed by atoms with van der Waals surface area (Å²) in [4.78, 5) is 12.3. The Hall–Kier alpha value is -3.26. The molecule has 0 radical (unpaired) electrons. The van der Waals surface area contributed by atoms with Crippen molar-refractivity contribution in [1.82, 2.24) is 0 Å². The van der Waals surface area contributed by atoms with Crippen molar-refractivity contribution in [2.24, 2.45) is 0 Å². The van der Waals surface area contributed by atoms with E-state index in [0.717, 1.165) is 6.07 Å². The van der Waals surface area contributed by atoms with Gasteiger partial charge in [-0.05, 0) is 73.5 Å². The number of amides is 1. The summed E-state index contributed by atoms with van der Waals surface area (Å²) in [6, 6.07) is 13.4. The summed E-state index contributed by atoms with van der Waals surface area (Å²) < 4.78 is 54.3. The molecule has 0 aliphatic heterocycles. The molecular formula is C21H18F2N2O3S. The van der Waals surface area contributed by atoms with Crippen LogP contribution in [0.2, 0.25) is 0 Å². The average molecular weight is 416 g/mol. The molecule has 5 nitrogen and oxygen atoms in total. The number of aryl methyl sites for hydroxylation is 2. The Labute approximate surface area is 167 Å². The molecule has 3 aromatic rings. The molecule has 0 aliphatic carbocycles. The molecule has 0 unspecified atom stereocenters. The fourth-order valence-electron chi connectivity index (χ4n) is 2.64. The summed E-state index contributed by atoms with van der Waals surface area (Å²) in [7, 11) is -4.03. The standard InChI is InChI=1S/C21H18F2N2O3S/c1-13-6-8-18(12-19(13)23)29(27,28)25-17-5-3-4-15(11-17)21(26)24-20-9-7-16(22)10-14(20)2/h3-12,25H,1-2H3,(H,24,26). The van der Waals surface area contributed by atoms with E-state index in [4.69, 9.17) is 0 Å². The molecule has 0 spiro atoms. The van der Waals surface area contributed by atoms with Crippen LogP contribution in [-0.4, -0.2) is 14.3 Å². The third-order valence-corrected chi connectivity index (χ3v) is 5.65. The van der Waals surface area contributed by atoms with E-state index >= 15 is 0 Å². The Kier molecular flexibility index (Phi) is 5.65. The maximum absolute atomic E-state index is 13.7. The van der Waals surface area contributed by atoms with Crippen molar-refractivity contribution in [1.29, 1.82) is 0 Å². The lowest BCUT2D eigenvalue weighted by Crippen LogP contribution is -2.15. The molecule has 0 saturated carbocycles. The van der Waals surface area contributed by atoms with Gasteiger partial charge in [-0.1, -0.05) is 12.1 Å². The highest BCUT2D eigenvalue weighted by atomic mass is 32.2. The minimum Gasteiger partial charge on any atom is -0.322 e. The molecule has 8 heteroatoms. The van der Waals surface area contributed by atoms with E-state index < -0.39 is 27.6 Å². The first-order chi connectivity index (χ1) is 13.7. The molecular weight excluding hydrogens is 398 g/mol. The van der Waals surface area contributed by atoms with Gasteiger partial charge in [-0.3, -0.25) is 9.52 Å². The molecule has 3 aromatic carbocycles. The van der Waals surface area contributed by atoms with Crippen LogP contribution in [0.15, 0.2) is 65.6 Å². The van der Waals surface area contributed by atoms with Crippen LogP contribution < -0.4 is 10.0 Å². The predicted octanol–water partition coefficient (Wildman–Crippen LogP) is 4.63. The highest BCUT2D eigenvalue weighted by molar-refractivity contribution is 7.92. The number of sulfonamides is 1. The smallest absolute Gasteiger partial charge is 0.261 e. The number of benzene rings is 3. The highest BCUT2D eigenvalue weighted by Crippen LogP contribution is 2.21. The number of carbonyl (C=O) groups excluding carboxylic acids is 1. The molecule has 1 amide bonds. The van der Waals surface area contributed by atoms with E-state index in [1.54, 1.807) is 6.92 Å². The average Bonchev–Trinajstić information content (AvgIpc) is 2.66. The molecule has 150 valence electrons. The minimum absolute atomic E-state index is 0.148. The van der Waals surface area contributed by atoms with Crippen LogP contribution in [0.4, 0.5) is 20.2 Å². The fourth-order valence-corrected chi connectivity index (χ4v) is 3.70. The second-order valence-corrected chi connectivity index (χ2v) is 8.19. The number of carbonyl (C=O) groups is 1. The molecule has 2 N–H and O–H groups in total. The van der Waals surface area contributed by atoms with E-state index in [9.17, 15) is 22.0 Å². The first-order valence-corrected chi connectivity index (χ1v) is 10.1. The molecule has 29 heavy (non-hydrogen) atoms. The van der Waals surface area contributed by atoms with Gasteiger partial charge in [-0.15, -0.1) is 0 Å². The van der Waals surface area contributed by atoms with Crippen LogP contribution in [0.1, 0.15) is 21.5 Å². The van der Waals surface area contributed by atoms with Crippen molar-refractivity contribution >= 4 is 27.3 Å². The highest BCUT2D eigenvalue weighted by Gasteiger charge is 2.17. The van der Waals surface area contributed by atoms with Crippen LogP contribution in [0, 0.1) is 25.5 Å². The molecule has 0 bridgehead atoms. The van der Waals surface area contributed by atoms with Gasteiger partial charge in [0.2, 0.25) is 0 Å². The number of nitrogens with one attached hydrogen (secondary N) is 2. The van der Waals surface area contributed by atoms with Gasteiger partial charge < -0.3 is 5.32 Å². The molecule has 0 fully saturated rings. The summed E-state index contributed by atoms with van der Waals surface area (Å²) in [5.74, 6) is -1.53. The van der Waals surface area contributed by atoms with Crippen molar-refractivity contribution in [2.75, 3.05) is 10.0 Å². The van der Waals surface area contributed by atoms with Crippen LogP contribution >= 0.6 is 0 Å². The normalized spacial score (nSPS) is 11.2. The maximum Gasteiger partial charge on any atom is 0.261 e. The van der Waals surface area contributed by atoms with E-state index in [2.05, 4.69) is 10.0 Å². The SMILES string of the molecule is Cc1ccc(S(=O)(=O)Nc2cccc(C(=O)Nc3ccc(F)cc3C)c2)cc1F. The topological polar surface area (TPSA) is 75.3 Å². The summed E-state index contributed by atoms with van der Waals surface area (Å²) >= 11 is 0. The fraction of sp³-hybridized carbons (Fsp3) is 0.0952. The molecule has 0 heterocycles. The number of rotatable bonds is 5. The van der Waals surface area contributed by atoms with E-state index in [1.165, 1.54) is 61.5 Å². The first kappa shape index (κ1) is 20.5. The van der Waals surface area contributed by atoms with Gasteiger partial charge >= 0.3 is 0 Å². The molecule has 0 aliphatic rings. The van der Waals surface area contributed by atoms with E-state index in [0.29, 0.717) is 16.8 Å². The third-order valence-electron chi connectivity index (χ3n) is 4.27. The number of hydrogen-bond acceptors (Lipinski definition) is 3. The molecule has 0 aromatic heterocycles. The maximum atomic E-state index is 13.7.